The van der Waals surface area contributed by atoms with Crippen molar-refractivity contribution in [1.29, 1.82) is 0 Å². The minimum Gasteiger partial charge on any atom is -0.496 e. The van der Waals surface area contributed by atoms with E-state index in [1.54, 1.807) is 24.4 Å². The minimum absolute atomic E-state index is 0.0467. The van der Waals surface area contributed by atoms with Crippen molar-refractivity contribution in [2.75, 3.05) is 40.3 Å². The second kappa shape index (κ2) is 9.23. The summed E-state index contributed by atoms with van der Waals surface area (Å²) < 4.78 is 11.5. The number of likely N-dealkylation sites (N-methyl/N-ethyl adjacent to an activating group) is 1. The molecule has 178 valence electrons. The van der Waals surface area contributed by atoms with Gasteiger partial charge in [0.15, 0.2) is 0 Å². The highest BCUT2D eigenvalue weighted by atomic mass is 16.5. The van der Waals surface area contributed by atoms with Gasteiger partial charge in [0.2, 0.25) is 0 Å². The molecule has 8 nitrogen and oxygen atoms in total. The topological polar surface area (TPSA) is 98.0 Å². The zero-order valence-corrected chi connectivity index (χ0v) is 19.7. The highest BCUT2D eigenvalue weighted by molar-refractivity contribution is 6.07. The first-order valence-electron chi connectivity index (χ1n) is 11.4. The number of carbonyl (C=O) groups excluding carboxylic acids is 2. The lowest BCUT2D eigenvalue weighted by Gasteiger charge is -2.32. The van der Waals surface area contributed by atoms with Crippen LogP contribution in [0.15, 0.2) is 60.8 Å². The Hall–Kier alpha value is -4.17. The van der Waals surface area contributed by atoms with E-state index in [9.17, 15) is 9.59 Å². The zero-order chi connectivity index (χ0) is 24.5. The van der Waals surface area contributed by atoms with Crippen LogP contribution in [0.1, 0.15) is 20.7 Å². The number of nitrogens with two attached hydrogens (primary N) is 1. The van der Waals surface area contributed by atoms with Crippen molar-refractivity contribution < 1.29 is 19.1 Å². The first kappa shape index (κ1) is 22.6. The smallest absolute Gasteiger partial charge is 0.254 e. The fourth-order valence-corrected chi connectivity index (χ4v) is 4.42. The van der Waals surface area contributed by atoms with Gasteiger partial charge in [-0.15, -0.1) is 0 Å². The number of rotatable bonds is 5. The molecule has 2 N–H and O–H groups in total. The van der Waals surface area contributed by atoms with Gasteiger partial charge in [0, 0.05) is 49.4 Å². The first-order chi connectivity index (χ1) is 16.9. The van der Waals surface area contributed by atoms with E-state index in [0.717, 1.165) is 37.0 Å². The number of methoxy groups -OCH3 is 1. The molecule has 0 spiro atoms. The number of carbonyl (C=O) groups is 2. The maximum atomic E-state index is 13.2. The Morgan fingerprint density at radius 2 is 1.71 bits per heavy atom. The van der Waals surface area contributed by atoms with Crippen molar-refractivity contribution in [3.8, 4) is 17.2 Å². The van der Waals surface area contributed by atoms with Gasteiger partial charge < -0.3 is 25.0 Å². The second-order valence-corrected chi connectivity index (χ2v) is 8.63. The molecule has 4 aromatic rings. The molecule has 0 atom stereocenters. The zero-order valence-electron chi connectivity index (χ0n) is 19.7. The summed E-state index contributed by atoms with van der Waals surface area (Å²) in [5, 5.41) is 2.42. The van der Waals surface area contributed by atoms with Crippen LogP contribution < -0.4 is 15.2 Å². The SMILES string of the molecule is COc1cc2nccc(Oc3ccc4c(C(=O)N5CCN(C)CC5)cccc4c3)c2cc1C(N)=O. The van der Waals surface area contributed by atoms with Crippen LogP contribution in [0.3, 0.4) is 0 Å². The average molecular weight is 471 g/mol. The third-order valence-electron chi connectivity index (χ3n) is 6.39. The number of amides is 2. The van der Waals surface area contributed by atoms with Gasteiger partial charge in [0.25, 0.3) is 11.8 Å². The largest absolute Gasteiger partial charge is 0.496 e. The summed E-state index contributed by atoms with van der Waals surface area (Å²) in [6, 6.07) is 16.4. The van der Waals surface area contributed by atoms with Crippen LogP contribution in [-0.2, 0) is 0 Å². The molecule has 1 saturated heterocycles. The number of piperazine rings is 1. The third-order valence-corrected chi connectivity index (χ3v) is 6.39. The van der Waals surface area contributed by atoms with Crippen LogP contribution in [0.5, 0.6) is 17.2 Å². The minimum atomic E-state index is -0.596. The number of nitrogens with zero attached hydrogens (tertiary/aromatic N) is 3. The monoisotopic (exact) mass is 470 g/mol. The number of primary amides is 1. The van der Waals surface area contributed by atoms with Crippen LogP contribution >= 0.6 is 0 Å². The summed E-state index contributed by atoms with van der Waals surface area (Å²) in [4.78, 5) is 33.6. The molecule has 0 unspecified atom stereocenters. The van der Waals surface area contributed by atoms with Crippen LogP contribution in [0.25, 0.3) is 21.7 Å². The van der Waals surface area contributed by atoms with Crippen molar-refractivity contribution in [3.05, 3.63) is 71.9 Å². The third kappa shape index (κ3) is 4.36. The molecule has 1 aliphatic heterocycles. The Balaban J connectivity index is 1.48. The fraction of sp³-hybridized carbons (Fsp3) is 0.222. The number of hydrogen-bond acceptors (Lipinski definition) is 6. The standard InChI is InChI=1S/C27H26N4O4/c1-30-10-12-31(13-11-30)27(33)20-5-3-4-17-14-18(6-7-19(17)20)35-24-8-9-29-23-16-25(34-2)22(26(28)32)15-21(23)24/h3-9,14-16H,10-13H2,1-2H3,(H2,28,32). The van der Waals surface area contributed by atoms with E-state index in [2.05, 4.69) is 16.9 Å². The Bertz CT molecular complexity index is 1440. The molecule has 0 radical (unpaired) electrons. The molecule has 0 bridgehead atoms. The predicted octanol–water partition coefficient (Wildman–Crippen LogP) is 3.68. The van der Waals surface area contributed by atoms with Crippen LogP contribution in [0, 0.1) is 0 Å². The Labute approximate surface area is 202 Å². The van der Waals surface area contributed by atoms with Crippen LogP contribution in [0.4, 0.5) is 0 Å². The molecule has 5 rings (SSSR count). The van der Waals surface area contributed by atoms with Crippen molar-refractivity contribution >= 4 is 33.5 Å². The van der Waals surface area contributed by atoms with E-state index < -0.39 is 5.91 Å². The molecule has 35 heavy (non-hydrogen) atoms. The van der Waals surface area contributed by atoms with Crippen LogP contribution in [0.2, 0.25) is 0 Å². The Kier molecular flexibility index (Phi) is 5.96. The molecule has 3 aromatic carbocycles. The van der Waals surface area contributed by atoms with Gasteiger partial charge >= 0.3 is 0 Å². The van der Waals surface area contributed by atoms with Gasteiger partial charge in [0.05, 0.1) is 18.2 Å². The lowest BCUT2D eigenvalue weighted by atomic mass is 10.0. The number of ether oxygens (including phenoxy) is 2. The fourth-order valence-electron chi connectivity index (χ4n) is 4.42. The maximum absolute atomic E-state index is 13.2. The Morgan fingerprint density at radius 3 is 2.46 bits per heavy atom. The summed E-state index contributed by atoms with van der Waals surface area (Å²) >= 11 is 0. The highest BCUT2D eigenvalue weighted by Gasteiger charge is 2.22. The predicted molar refractivity (Wildman–Crippen MR) is 134 cm³/mol. The van der Waals surface area contributed by atoms with E-state index >= 15 is 0 Å². The summed E-state index contributed by atoms with van der Waals surface area (Å²) in [6.45, 7) is 3.19. The number of aromatic nitrogens is 1. The molecule has 2 heterocycles. The lowest BCUT2D eigenvalue weighted by Crippen LogP contribution is -2.47. The van der Waals surface area contributed by atoms with Gasteiger partial charge in [-0.2, -0.15) is 0 Å². The molecule has 8 heteroatoms. The van der Waals surface area contributed by atoms with Crippen molar-refractivity contribution in [2.24, 2.45) is 5.73 Å². The van der Waals surface area contributed by atoms with Gasteiger partial charge in [-0.25, -0.2) is 0 Å². The van der Waals surface area contributed by atoms with Gasteiger partial charge in [0.1, 0.15) is 17.2 Å². The summed E-state index contributed by atoms with van der Waals surface area (Å²) in [5.74, 6) is 0.944. The summed E-state index contributed by atoms with van der Waals surface area (Å²) in [5.41, 5.74) is 7.09. The van der Waals surface area contributed by atoms with E-state index in [4.69, 9.17) is 15.2 Å². The molecule has 2 amide bonds. The number of benzene rings is 3. The molecule has 1 aromatic heterocycles. The van der Waals surface area contributed by atoms with Gasteiger partial charge in [-0.3, -0.25) is 14.6 Å². The normalized spacial score (nSPS) is 14.3. The number of fused-ring (bicyclic) bond motifs is 2. The van der Waals surface area contributed by atoms with E-state index in [0.29, 0.717) is 33.7 Å². The van der Waals surface area contributed by atoms with E-state index in [1.165, 1.54) is 7.11 Å². The highest BCUT2D eigenvalue weighted by Crippen LogP contribution is 2.34. The molecule has 0 aliphatic carbocycles. The number of pyridine rings is 1. The van der Waals surface area contributed by atoms with Gasteiger partial charge in [-0.05, 0) is 54.2 Å². The van der Waals surface area contributed by atoms with Crippen LogP contribution in [-0.4, -0.2) is 66.9 Å². The van der Waals surface area contributed by atoms with Gasteiger partial charge in [-0.1, -0.05) is 12.1 Å². The average Bonchev–Trinajstić information content (AvgIpc) is 2.87. The van der Waals surface area contributed by atoms with Crippen molar-refractivity contribution in [3.63, 3.8) is 0 Å². The maximum Gasteiger partial charge on any atom is 0.254 e. The molecular formula is C27H26N4O4. The molecular weight excluding hydrogens is 444 g/mol. The summed E-state index contributed by atoms with van der Waals surface area (Å²) in [7, 11) is 3.55. The van der Waals surface area contributed by atoms with E-state index in [-0.39, 0.29) is 11.5 Å². The first-order valence-corrected chi connectivity index (χ1v) is 11.4. The van der Waals surface area contributed by atoms with Crippen molar-refractivity contribution in [1.82, 2.24) is 14.8 Å². The molecule has 1 fully saturated rings. The number of hydrogen-bond donors (Lipinski definition) is 1. The molecule has 0 saturated carbocycles. The van der Waals surface area contributed by atoms with Crippen molar-refractivity contribution in [2.45, 2.75) is 0 Å². The Morgan fingerprint density at radius 1 is 0.914 bits per heavy atom. The summed E-state index contributed by atoms with van der Waals surface area (Å²) in [6.07, 6.45) is 1.63. The second-order valence-electron chi connectivity index (χ2n) is 8.63. The van der Waals surface area contributed by atoms with E-state index in [1.807, 2.05) is 41.3 Å². The quantitative estimate of drug-likeness (QED) is 0.478. The molecule has 1 aliphatic rings. The lowest BCUT2D eigenvalue weighted by molar-refractivity contribution is 0.0666.